The van der Waals surface area contributed by atoms with E-state index in [1.54, 1.807) is 44.2 Å². The third kappa shape index (κ3) is 2.97. The van der Waals surface area contributed by atoms with Crippen LogP contribution in [0.4, 0.5) is 0 Å². The molecule has 2 aromatic carbocycles. The van der Waals surface area contributed by atoms with Gasteiger partial charge >= 0.3 is 5.97 Å². The smallest absolute Gasteiger partial charge is 0.338 e. The Morgan fingerprint density at radius 1 is 1.16 bits per heavy atom. The first-order chi connectivity index (χ1) is 14.7. The summed E-state index contributed by atoms with van der Waals surface area (Å²) >= 11 is 3.33. The highest BCUT2D eigenvalue weighted by Gasteiger charge is 2.69. The number of benzene rings is 2. The number of amides is 1. The second kappa shape index (κ2) is 7.56. The van der Waals surface area contributed by atoms with Crippen LogP contribution in [0, 0.1) is 11.8 Å². The van der Waals surface area contributed by atoms with Gasteiger partial charge in [0.2, 0.25) is 5.91 Å². The highest BCUT2D eigenvalue weighted by atomic mass is 79.9. The van der Waals surface area contributed by atoms with Crippen LogP contribution in [0.25, 0.3) is 0 Å². The first-order valence-corrected chi connectivity index (χ1v) is 12.1. The lowest BCUT2D eigenvalue weighted by molar-refractivity contribution is -0.167. The van der Waals surface area contributed by atoms with Crippen molar-refractivity contribution < 1.29 is 27.5 Å². The predicted octanol–water partition coefficient (Wildman–Crippen LogP) is 3.28. The van der Waals surface area contributed by atoms with Gasteiger partial charge in [0.1, 0.15) is 0 Å². The summed E-state index contributed by atoms with van der Waals surface area (Å²) in [7, 11) is -4.34. The van der Waals surface area contributed by atoms with Crippen molar-refractivity contribution in [2.24, 2.45) is 11.8 Å². The molecule has 0 aromatic heterocycles. The van der Waals surface area contributed by atoms with Crippen LogP contribution >= 0.6 is 15.9 Å². The third-order valence-corrected chi connectivity index (χ3v) is 8.27. The summed E-state index contributed by atoms with van der Waals surface area (Å²) < 4.78 is 33.5. The molecule has 0 unspecified atom stereocenters. The van der Waals surface area contributed by atoms with E-state index >= 15 is 0 Å². The first-order valence-electron chi connectivity index (χ1n) is 9.83. The van der Waals surface area contributed by atoms with Crippen molar-refractivity contribution in [2.75, 3.05) is 6.61 Å². The van der Waals surface area contributed by atoms with Gasteiger partial charge in [-0.3, -0.25) is 9.59 Å². The van der Waals surface area contributed by atoms with Gasteiger partial charge in [-0.25, -0.2) is 17.5 Å². The van der Waals surface area contributed by atoms with E-state index in [1.807, 2.05) is 0 Å². The predicted molar refractivity (Wildman–Crippen MR) is 115 cm³/mol. The highest BCUT2D eigenvalue weighted by molar-refractivity contribution is 9.10. The number of esters is 1. The van der Waals surface area contributed by atoms with Crippen LogP contribution in [-0.4, -0.2) is 37.0 Å². The zero-order valence-electron chi connectivity index (χ0n) is 16.9. The van der Waals surface area contributed by atoms with E-state index in [9.17, 15) is 22.8 Å². The Morgan fingerprint density at radius 2 is 1.81 bits per heavy atom. The number of rotatable bonds is 4. The van der Waals surface area contributed by atoms with E-state index in [-0.39, 0.29) is 23.5 Å². The Hall–Kier alpha value is -2.52. The zero-order chi connectivity index (χ0) is 22.6. The van der Waals surface area contributed by atoms with Gasteiger partial charge in [0.15, 0.2) is 11.3 Å². The number of ketones is 1. The van der Waals surface area contributed by atoms with Crippen molar-refractivity contribution in [3.8, 4) is 0 Å². The number of Topliss-reactive ketones (excluding diaryl/α,β-unsaturated/α-hetero) is 1. The average molecular weight is 506 g/mol. The number of piperidine rings is 1. The molecule has 31 heavy (non-hydrogen) atoms. The molecule has 1 saturated heterocycles. The Balaban J connectivity index is 2.03. The summed E-state index contributed by atoms with van der Waals surface area (Å²) in [4.78, 5) is 40.2. The first kappa shape index (κ1) is 21.7. The van der Waals surface area contributed by atoms with Gasteiger partial charge in [0, 0.05) is 21.5 Å². The maximum atomic E-state index is 13.7. The molecule has 0 bridgehead atoms. The Morgan fingerprint density at radius 3 is 2.45 bits per heavy atom. The van der Waals surface area contributed by atoms with Crippen LogP contribution < -0.4 is 0 Å². The molecule has 4 rings (SSSR count). The van der Waals surface area contributed by atoms with E-state index in [2.05, 4.69) is 15.9 Å². The van der Waals surface area contributed by atoms with Gasteiger partial charge in [0.25, 0.3) is 10.0 Å². The van der Waals surface area contributed by atoms with Crippen LogP contribution in [0.3, 0.4) is 0 Å². The van der Waals surface area contributed by atoms with Gasteiger partial charge < -0.3 is 4.74 Å². The molecule has 0 saturated carbocycles. The number of carbonyl (C=O) groups excluding carboxylic acids is 3. The fraction of sp³-hybridized carbons (Fsp3) is 0.318. The summed E-state index contributed by atoms with van der Waals surface area (Å²) in [6.07, 6.45) is 0.0207. The second-order valence-electron chi connectivity index (χ2n) is 7.65. The fourth-order valence-electron chi connectivity index (χ4n) is 4.54. The number of sulfonamides is 1. The lowest BCUT2D eigenvalue weighted by Gasteiger charge is -2.45. The number of fused-ring (bicyclic) bond motifs is 3. The molecule has 2 heterocycles. The highest BCUT2D eigenvalue weighted by Crippen LogP contribution is 2.55. The summed E-state index contributed by atoms with van der Waals surface area (Å²) in [5, 5.41) is 0. The number of carbonyl (C=O) groups is 3. The third-order valence-electron chi connectivity index (χ3n) is 5.88. The van der Waals surface area contributed by atoms with E-state index in [4.69, 9.17) is 4.74 Å². The number of hydrogen-bond acceptors (Lipinski definition) is 6. The van der Waals surface area contributed by atoms with Gasteiger partial charge in [-0.1, -0.05) is 53.2 Å². The molecule has 0 radical (unpaired) electrons. The molecule has 0 aliphatic carbocycles. The lowest BCUT2D eigenvalue weighted by Crippen LogP contribution is -2.64. The van der Waals surface area contributed by atoms with E-state index < -0.39 is 45.1 Å². The van der Waals surface area contributed by atoms with Crippen molar-refractivity contribution in [1.29, 1.82) is 0 Å². The average Bonchev–Trinajstić information content (AvgIpc) is 2.96. The van der Waals surface area contributed by atoms with E-state index in [0.29, 0.717) is 9.87 Å². The monoisotopic (exact) mass is 505 g/mol. The zero-order valence-corrected chi connectivity index (χ0v) is 19.3. The van der Waals surface area contributed by atoms with Gasteiger partial charge in [0.05, 0.1) is 17.4 Å². The molecule has 3 atom stereocenters. The maximum absolute atomic E-state index is 13.7. The van der Waals surface area contributed by atoms with E-state index in [1.165, 1.54) is 18.2 Å². The van der Waals surface area contributed by atoms with Crippen molar-refractivity contribution in [2.45, 2.75) is 30.7 Å². The van der Waals surface area contributed by atoms with E-state index in [0.717, 1.165) is 4.47 Å². The number of nitrogens with zero attached hydrogens (tertiary/aromatic N) is 1. The van der Waals surface area contributed by atoms with Crippen LogP contribution in [0.5, 0.6) is 0 Å². The summed E-state index contributed by atoms with van der Waals surface area (Å²) in [6.45, 7) is 3.13. The van der Waals surface area contributed by atoms with Crippen LogP contribution in [0.1, 0.15) is 36.2 Å². The number of halogens is 1. The number of hydrogen-bond donors (Lipinski definition) is 0. The standard InChI is InChI=1S/C22H20BrNO6S/c1-3-30-21(27)22-16-6-4-5-7-18(16)31(28,29)24(22)20(26)13(2)12-17(22)19(25)14-8-10-15(23)11-9-14/h4-11,13,17H,3,12H2,1-2H3/t13-,17-,22-/m1/s1. The largest absolute Gasteiger partial charge is 0.464 e. The molecule has 0 spiro atoms. The molecule has 7 nitrogen and oxygen atoms in total. The molecule has 9 heteroatoms. The van der Waals surface area contributed by atoms with Crippen molar-refractivity contribution in [1.82, 2.24) is 4.31 Å². The van der Waals surface area contributed by atoms with Crippen LogP contribution in [0.15, 0.2) is 57.9 Å². The molecule has 2 aromatic rings. The summed E-state index contributed by atoms with van der Waals surface area (Å²) in [6, 6.07) is 12.5. The summed E-state index contributed by atoms with van der Waals surface area (Å²) in [5.74, 6) is -3.95. The fourth-order valence-corrected chi connectivity index (χ4v) is 6.85. The second-order valence-corrected chi connectivity index (χ2v) is 10.3. The molecule has 1 fully saturated rings. The molecular weight excluding hydrogens is 486 g/mol. The molecule has 2 aliphatic rings. The van der Waals surface area contributed by atoms with Crippen LogP contribution in [0.2, 0.25) is 0 Å². The van der Waals surface area contributed by atoms with Gasteiger partial charge in [-0.05, 0) is 31.5 Å². The van der Waals surface area contributed by atoms with Gasteiger partial charge in [-0.15, -0.1) is 0 Å². The SMILES string of the molecule is CCOC(=O)[C@]12c3ccccc3S(=O)(=O)N1C(=O)[C@H](C)C[C@@H]2C(=O)c1ccc(Br)cc1. The Labute approximate surface area is 188 Å². The molecule has 2 aliphatic heterocycles. The van der Waals surface area contributed by atoms with Crippen LogP contribution in [-0.2, 0) is 29.9 Å². The van der Waals surface area contributed by atoms with Gasteiger partial charge in [-0.2, -0.15) is 0 Å². The lowest BCUT2D eigenvalue weighted by atomic mass is 9.68. The molecule has 162 valence electrons. The molecule has 1 amide bonds. The van der Waals surface area contributed by atoms with Crippen molar-refractivity contribution >= 4 is 43.6 Å². The molecular formula is C22H20BrNO6S. The minimum Gasteiger partial charge on any atom is -0.464 e. The Bertz CT molecular complexity index is 1190. The van der Waals surface area contributed by atoms with Crippen molar-refractivity contribution in [3.63, 3.8) is 0 Å². The number of ether oxygens (including phenoxy) is 1. The Kier molecular flexibility index (Phi) is 5.29. The summed E-state index contributed by atoms with van der Waals surface area (Å²) in [5.41, 5.74) is -1.65. The topological polar surface area (TPSA) is 97.8 Å². The normalized spacial score (nSPS) is 26.2. The van der Waals surface area contributed by atoms with Crippen molar-refractivity contribution in [3.05, 3.63) is 64.1 Å². The minimum absolute atomic E-state index is 0.0207. The quantitative estimate of drug-likeness (QED) is 0.467. The maximum Gasteiger partial charge on any atom is 0.338 e. The minimum atomic E-state index is -4.34. The molecule has 0 N–H and O–H groups in total.